The Morgan fingerprint density at radius 1 is 1.00 bits per heavy atom. The van der Waals surface area contributed by atoms with Crippen molar-refractivity contribution in [2.45, 2.75) is 6.17 Å². The Bertz CT molecular complexity index is 382. The van der Waals surface area contributed by atoms with E-state index in [2.05, 4.69) is 0 Å². The highest BCUT2D eigenvalue weighted by molar-refractivity contribution is 5.94. The number of rotatable bonds is 3. The summed E-state index contributed by atoms with van der Waals surface area (Å²) in [7, 11) is 0. The smallest absolute Gasteiger partial charge is 0.335 e. The van der Waals surface area contributed by atoms with Gasteiger partial charge in [-0.2, -0.15) is 0 Å². The van der Waals surface area contributed by atoms with Crippen LogP contribution in [0.3, 0.4) is 0 Å². The van der Waals surface area contributed by atoms with Crippen LogP contribution in [0.2, 0.25) is 0 Å². The van der Waals surface area contributed by atoms with Gasteiger partial charge in [-0.3, -0.25) is 0 Å². The van der Waals surface area contributed by atoms with E-state index in [-0.39, 0.29) is 16.7 Å². The summed E-state index contributed by atoms with van der Waals surface area (Å²) in [6.07, 6.45) is -0.901. The molecule has 80 valence electrons. The summed E-state index contributed by atoms with van der Waals surface area (Å²) < 4.78 is 0. The fourth-order valence-electron chi connectivity index (χ4n) is 1.09. The predicted octanol–water partition coefficient (Wildman–Crippen LogP) is -0.00100. The van der Waals surface area contributed by atoms with E-state index < -0.39 is 18.1 Å². The first-order chi connectivity index (χ1) is 6.91. The molecule has 0 bridgehead atoms. The summed E-state index contributed by atoms with van der Waals surface area (Å²) in [5.74, 6) is -2.44. The van der Waals surface area contributed by atoms with Gasteiger partial charge >= 0.3 is 11.9 Å². The van der Waals surface area contributed by atoms with Gasteiger partial charge < -0.3 is 21.7 Å². The number of carboxylic acids is 2. The first-order valence-corrected chi connectivity index (χ1v) is 4.04. The molecule has 0 aliphatic rings. The standard InChI is InChI=1S/C9H10N2O4/c10-7(11)4-1-5(8(12)13)3-6(2-4)9(14)15/h1-3,7H,10-11H2,(H,12,13)(H,14,15). The molecule has 0 amide bonds. The van der Waals surface area contributed by atoms with E-state index in [1.165, 1.54) is 12.1 Å². The van der Waals surface area contributed by atoms with Crippen molar-refractivity contribution in [2.24, 2.45) is 11.5 Å². The molecule has 6 N–H and O–H groups in total. The third-order valence-corrected chi connectivity index (χ3v) is 1.83. The van der Waals surface area contributed by atoms with Gasteiger partial charge in [-0.1, -0.05) is 0 Å². The molecule has 0 aromatic heterocycles. The molecular weight excluding hydrogens is 200 g/mol. The largest absolute Gasteiger partial charge is 0.478 e. The highest BCUT2D eigenvalue weighted by atomic mass is 16.4. The molecule has 0 fully saturated rings. The summed E-state index contributed by atoms with van der Waals surface area (Å²) in [6.45, 7) is 0. The van der Waals surface area contributed by atoms with E-state index in [1.54, 1.807) is 0 Å². The maximum atomic E-state index is 10.7. The second-order valence-electron chi connectivity index (χ2n) is 2.98. The highest BCUT2D eigenvalue weighted by Gasteiger charge is 2.12. The van der Waals surface area contributed by atoms with Crippen molar-refractivity contribution >= 4 is 11.9 Å². The van der Waals surface area contributed by atoms with Crippen LogP contribution >= 0.6 is 0 Å². The van der Waals surface area contributed by atoms with Crippen LogP contribution < -0.4 is 11.5 Å². The third-order valence-electron chi connectivity index (χ3n) is 1.83. The molecule has 15 heavy (non-hydrogen) atoms. The summed E-state index contributed by atoms with van der Waals surface area (Å²) in [5, 5.41) is 17.4. The molecule has 6 heteroatoms. The van der Waals surface area contributed by atoms with Crippen LogP contribution in [0.1, 0.15) is 32.4 Å². The lowest BCUT2D eigenvalue weighted by atomic mass is 10.0. The van der Waals surface area contributed by atoms with Gasteiger partial charge in [0.05, 0.1) is 17.3 Å². The topological polar surface area (TPSA) is 127 Å². The number of carbonyl (C=O) groups is 2. The molecule has 0 aliphatic heterocycles. The quantitative estimate of drug-likeness (QED) is 0.520. The monoisotopic (exact) mass is 210 g/mol. The fraction of sp³-hybridized carbons (Fsp3) is 0.111. The van der Waals surface area contributed by atoms with Crippen molar-refractivity contribution in [3.63, 3.8) is 0 Å². The first-order valence-electron chi connectivity index (χ1n) is 4.04. The van der Waals surface area contributed by atoms with Gasteiger partial charge in [0, 0.05) is 0 Å². The van der Waals surface area contributed by atoms with E-state index >= 15 is 0 Å². The Kier molecular flexibility index (Phi) is 3.03. The Hall–Kier alpha value is -1.92. The molecule has 1 rings (SSSR count). The van der Waals surface area contributed by atoms with Crippen LogP contribution in [0.25, 0.3) is 0 Å². The minimum absolute atomic E-state index is 0.147. The molecule has 0 aliphatic carbocycles. The van der Waals surface area contributed by atoms with Crippen molar-refractivity contribution in [3.8, 4) is 0 Å². The Morgan fingerprint density at radius 2 is 1.40 bits per heavy atom. The van der Waals surface area contributed by atoms with E-state index in [0.717, 1.165) is 6.07 Å². The average molecular weight is 210 g/mol. The van der Waals surface area contributed by atoms with Crippen LogP contribution in [0, 0.1) is 0 Å². The minimum atomic E-state index is -1.22. The molecule has 0 heterocycles. The van der Waals surface area contributed by atoms with E-state index in [4.69, 9.17) is 21.7 Å². The maximum absolute atomic E-state index is 10.7. The van der Waals surface area contributed by atoms with Crippen LogP contribution in [-0.2, 0) is 0 Å². The van der Waals surface area contributed by atoms with Crippen molar-refractivity contribution in [1.82, 2.24) is 0 Å². The van der Waals surface area contributed by atoms with Crippen LogP contribution in [0.4, 0.5) is 0 Å². The molecule has 1 aromatic carbocycles. The van der Waals surface area contributed by atoms with E-state index in [9.17, 15) is 9.59 Å². The Labute approximate surface area is 85.1 Å². The highest BCUT2D eigenvalue weighted by Crippen LogP contribution is 2.13. The molecule has 6 nitrogen and oxygen atoms in total. The van der Waals surface area contributed by atoms with Gasteiger partial charge in [0.25, 0.3) is 0 Å². The zero-order chi connectivity index (χ0) is 11.6. The van der Waals surface area contributed by atoms with Crippen molar-refractivity contribution in [3.05, 3.63) is 34.9 Å². The molecule has 1 aromatic rings. The molecular formula is C9H10N2O4. The van der Waals surface area contributed by atoms with Gasteiger partial charge in [-0.05, 0) is 23.8 Å². The van der Waals surface area contributed by atoms with Crippen molar-refractivity contribution in [2.75, 3.05) is 0 Å². The second kappa shape index (κ2) is 4.07. The molecule has 0 atom stereocenters. The van der Waals surface area contributed by atoms with Gasteiger partial charge in [0.1, 0.15) is 0 Å². The number of hydrogen-bond donors (Lipinski definition) is 4. The van der Waals surface area contributed by atoms with Crippen LogP contribution in [0.15, 0.2) is 18.2 Å². The second-order valence-corrected chi connectivity index (χ2v) is 2.98. The van der Waals surface area contributed by atoms with E-state index in [1.807, 2.05) is 0 Å². The fourth-order valence-corrected chi connectivity index (χ4v) is 1.09. The number of aromatic carboxylic acids is 2. The number of benzene rings is 1. The number of nitrogens with two attached hydrogens (primary N) is 2. The summed E-state index contributed by atoms with van der Waals surface area (Å²) in [5.41, 5.74) is 10.7. The molecule has 0 spiro atoms. The zero-order valence-corrected chi connectivity index (χ0v) is 7.68. The van der Waals surface area contributed by atoms with Crippen molar-refractivity contribution in [1.29, 1.82) is 0 Å². The normalized spacial score (nSPS) is 10.3. The van der Waals surface area contributed by atoms with E-state index in [0.29, 0.717) is 0 Å². The molecule has 0 saturated carbocycles. The maximum Gasteiger partial charge on any atom is 0.335 e. The summed E-state index contributed by atoms with van der Waals surface area (Å²) in [6, 6.07) is 3.55. The van der Waals surface area contributed by atoms with Gasteiger partial charge in [-0.25, -0.2) is 9.59 Å². The van der Waals surface area contributed by atoms with Gasteiger partial charge in [-0.15, -0.1) is 0 Å². The summed E-state index contributed by atoms with van der Waals surface area (Å²) in [4.78, 5) is 21.4. The summed E-state index contributed by atoms with van der Waals surface area (Å²) >= 11 is 0. The van der Waals surface area contributed by atoms with Crippen molar-refractivity contribution < 1.29 is 19.8 Å². The predicted molar refractivity (Wildman–Crippen MR) is 51.5 cm³/mol. The Balaban J connectivity index is 3.32. The SMILES string of the molecule is NC(N)c1cc(C(=O)O)cc(C(=O)O)c1. The van der Waals surface area contributed by atoms with Crippen LogP contribution in [0.5, 0.6) is 0 Å². The lowest BCUT2D eigenvalue weighted by molar-refractivity contribution is 0.0696. The average Bonchev–Trinajstić information content (AvgIpc) is 2.16. The minimum Gasteiger partial charge on any atom is -0.478 e. The zero-order valence-electron chi connectivity index (χ0n) is 7.68. The Morgan fingerprint density at radius 3 is 1.67 bits per heavy atom. The lowest BCUT2D eigenvalue weighted by Crippen LogP contribution is -2.21. The number of hydrogen-bond acceptors (Lipinski definition) is 4. The molecule has 0 saturated heterocycles. The van der Waals surface area contributed by atoms with Crippen LogP contribution in [-0.4, -0.2) is 22.2 Å². The molecule has 0 unspecified atom stereocenters. The first kappa shape index (κ1) is 11.2. The van der Waals surface area contributed by atoms with Gasteiger partial charge in [0.15, 0.2) is 0 Å². The lowest BCUT2D eigenvalue weighted by Gasteiger charge is -2.08. The molecule has 0 radical (unpaired) electrons. The van der Waals surface area contributed by atoms with Gasteiger partial charge in [0.2, 0.25) is 0 Å². The third kappa shape index (κ3) is 2.52. The number of carboxylic acid groups (broad SMARTS) is 2.